The number of hydrogen-bond donors (Lipinski definition) is 1. The molecule has 0 amide bonds. The molecule has 1 rings (SSSR count). The molecule has 0 aromatic rings. The van der Waals surface area contributed by atoms with Crippen LogP contribution in [-0.4, -0.2) is 26.3 Å². The van der Waals surface area contributed by atoms with E-state index in [1.54, 1.807) is 7.11 Å². The number of rotatable bonds is 6. The maximum atomic E-state index is 5.02. The van der Waals surface area contributed by atoms with Crippen molar-refractivity contribution in [2.24, 2.45) is 5.92 Å². The fourth-order valence-corrected chi connectivity index (χ4v) is 1.14. The van der Waals surface area contributed by atoms with E-state index in [1.165, 1.54) is 12.8 Å². The lowest BCUT2D eigenvalue weighted by Gasteiger charge is -2.03. The highest BCUT2D eigenvalue weighted by molar-refractivity contribution is 4.91. The molecule has 0 aliphatic heterocycles. The summed E-state index contributed by atoms with van der Waals surface area (Å²) in [6, 6.07) is 0.812. The zero-order valence-corrected chi connectivity index (χ0v) is 8.05. The van der Waals surface area contributed by atoms with Crippen molar-refractivity contribution in [3.8, 4) is 0 Å². The van der Waals surface area contributed by atoms with E-state index in [2.05, 4.69) is 24.4 Å². The van der Waals surface area contributed by atoms with Gasteiger partial charge in [-0.2, -0.15) is 0 Å². The molecule has 1 aliphatic carbocycles. The lowest BCUT2D eigenvalue weighted by Crippen LogP contribution is -2.15. The van der Waals surface area contributed by atoms with Crippen molar-refractivity contribution in [2.75, 3.05) is 20.3 Å². The van der Waals surface area contributed by atoms with Crippen LogP contribution in [0.15, 0.2) is 12.2 Å². The largest absolute Gasteiger partial charge is 0.384 e. The Balaban J connectivity index is 1.95. The first-order chi connectivity index (χ1) is 5.83. The van der Waals surface area contributed by atoms with Crippen molar-refractivity contribution < 1.29 is 4.74 Å². The first kappa shape index (κ1) is 9.75. The average Bonchev–Trinajstić information content (AvgIpc) is 2.82. The summed E-state index contributed by atoms with van der Waals surface area (Å²) in [6.45, 7) is 4.00. The molecule has 0 bridgehead atoms. The zero-order chi connectivity index (χ0) is 8.81. The van der Waals surface area contributed by atoms with Gasteiger partial charge in [-0.15, -0.1) is 0 Å². The van der Waals surface area contributed by atoms with Gasteiger partial charge in [0.05, 0.1) is 6.61 Å². The van der Waals surface area contributed by atoms with E-state index in [0.717, 1.165) is 19.2 Å². The Morgan fingerprint density at radius 1 is 1.58 bits per heavy atom. The molecule has 2 heteroatoms. The maximum absolute atomic E-state index is 5.02. The second kappa shape index (κ2) is 5.33. The maximum Gasteiger partial charge on any atom is 0.0522 e. The summed E-state index contributed by atoms with van der Waals surface area (Å²) in [4.78, 5) is 0. The van der Waals surface area contributed by atoms with E-state index in [0.29, 0.717) is 5.92 Å². The van der Waals surface area contributed by atoms with Crippen molar-refractivity contribution in [3.05, 3.63) is 12.2 Å². The van der Waals surface area contributed by atoms with Crippen LogP contribution in [0.25, 0.3) is 0 Å². The Morgan fingerprint density at radius 3 is 2.92 bits per heavy atom. The Morgan fingerprint density at radius 2 is 2.33 bits per heavy atom. The van der Waals surface area contributed by atoms with E-state index >= 15 is 0 Å². The highest BCUT2D eigenvalue weighted by Gasteiger charge is 2.18. The van der Waals surface area contributed by atoms with Crippen molar-refractivity contribution in [1.29, 1.82) is 0 Å². The average molecular weight is 169 g/mol. The van der Waals surface area contributed by atoms with Gasteiger partial charge in [-0.3, -0.25) is 0 Å². The van der Waals surface area contributed by atoms with Gasteiger partial charge < -0.3 is 10.1 Å². The van der Waals surface area contributed by atoms with Crippen LogP contribution in [0.3, 0.4) is 0 Å². The van der Waals surface area contributed by atoms with Gasteiger partial charge in [0.15, 0.2) is 0 Å². The summed E-state index contributed by atoms with van der Waals surface area (Å²) in [5.41, 5.74) is 0. The third-order valence-corrected chi connectivity index (χ3v) is 2.00. The summed E-state index contributed by atoms with van der Waals surface area (Å²) in [5.74, 6) is 0.538. The molecule has 1 aliphatic rings. The van der Waals surface area contributed by atoms with Gasteiger partial charge in [0, 0.05) is 19.7 Å². The van der Waals surface area contributed by atoms with Crippen LogP contribution < -0.4 is 5.32 Å². The second-order valence-corrected chi connectivity index (χ2v) is 3.54. The summed E-state index contributed by atoms with van der Waals surface area (Å²) >= 11 is 0. The van der Waals surface area contributed by atoms with E-state index in [1.807, 2.05) is 0 Å². The minimum atomic E-state index is 0.538. The van der Waals surface area contributed by atoms with Gasteiger partial charge in [-0.05, 0) is 18.8 Å². The summed E-state index contributed by atoms with van der Waals surface area (Å²) in [6.07, 6.45) is 7.13. The van der Waals surface area contributed by atoms with Gasteiger partial charge in [0.25, 0.3) is 0 Å². The molecule has 0 radical (unpaired) electrons. The first-order valence-corrected chi connectivity index (χ1v) is 4.72. The third-order valence-electron chi connectivity index (χ3n) is 2.00. The van der Waals surface area contributed by atoms with Crippen LogP contribution in [-0.2, 0) is 4.74 Å². The molecule has 0 saturated heterocycles. The van der Waals surface area contributed by atoms with Crippen LogP contribution in [0.1, 0.15) is 19.8 Å². The van der Waals surface area contributed by atoms with Gasteiger partial charge in [0.1, 0.15) is 0 Å². The summed E-state index contributed by atoms with van der Waals surface area (Å²) in [7, 11) is 1.74. The molecule has 1 saturated carbocycles. The lowest BCUT2D eigenvalue weighted by atomic mass is 10.2. The Bertz CT molecular complexity index is 141. The van der Waals surface area contributed by atoms with Crippen molar-refractivity contribution in [3.63, 3.8) is 0 Å². The van der Waals surface area contributed by atoms with Crippen molar-refractivity contribution in [1.82, 2.24) is 5.32 Å². The van der Waals surface area contributed by atoms with Gasteiger partial charge >= 0.3 is 0 Å². The van der Waals surface area contributed by atoms with Crippen LogP contribution in [0.5, 0.6) is 0 Å². The Hall–Kier alpha value is -0.340. The number of methoxy groups -OCH3 is 1. The van der Waals surface area contributed by atoms with Gasteiger partial charge in [-0.25, -0.2) is 0 Å². The highest BCUT2D eigenvalue weighted by atomic mass is 16.5. The van der Waals surface area contributed by atoms with Gasteiger partial charge in [0.2, 0.25) is 0 Å². The second-order valence-electron chi connectivity index (χ2n) is 3.54. The first-order valence-electron chi connectivity index (χ1n) is 4.72. The SMILES string of the molecule is COCC(C)/C=C/CNC1CC1. The van der Waals surface area contributed by atoms with Crippen molar-refractivity contribution in [2.45, 2.75) is 25.8 Å². The van der Waals surface area contributed by atoms with E-state index in [-0.39, 0.29) is 0 Å². The predicted molar refractivity (Wildman–Crippen MR) is 51.2 cm³/mol. The Kier molecular flexibility index (Phi) is 4.33. The van der Waals surface area contributed by atoms with Crippen molar-refractivity contribution >= 4 is 0 Å². The molecule has 1 fully saturated rings. The molecule has 0 aromatic heterocycles. The van der Waals surface area contributed by atoms with Crippen LogP contribution >= 0.6 is 0 Å². The molecular formula is C10H19NO. The molecule has 2 nitrogen and oxygen atoms in total. The molecule has 1 atom stereocenters. The molecular weight excluding hydrogens is 150 g/mol. The summed E-state index contributed by atoms with van der Waals surface area (Å²) in [5, 5.41) is 3.43. The molecule has 1 N–H and O–H groups in total. The minimum Gasteiger partial charge on any atom is -0.384 e. The fourth-order valence-electron chi connectivity index (χ4n) is 1.14. The van der Waals surface area contributed by atoms with E-state index < -0.39 is 0 Å². The number of ether oxygens (including phenoxy) is 1. The quantitative estimate of drug-likeness (QED) is 0.609. The predicted octanol–water partition coefficient (Wildman–Crippen LogP) is 1.58. The number of nitrogens with one attached hydrogen (secondary N) is 1. The molecule has 0 heterocycles. The molecule has 1 unspecified atom stereocenters. The van der Waals surface area contributed by atoms with Gasteiger partial charge in [-0.1, -0.05) is 19.1 Å². The Labute approximate surface area is 75.0 Å². The van der Waals surface area contributed by atoms with Crippen LogP contribution in [0, 0.1) is 5.92 Å². The molecule has 0 spiro atoms. The van der Waals surface area contributed by atoms with Crippen LogP contribution in [0.2, 0.25) is 0 Å². The fraction of sp³-hybridized carbons (Fsp3) is 0.800. The molecule has 70 valence electrons. The smallest absolute Gasteiger partial charge is 0.0522 e. The minimum absolute atomic E-state index is 0.538. The molecule has 0 aromatic carbocycles. The standard InChI is InChI=1S/C10H19NO/c1-9(8-12-2)4-3-7-11-10-5-6-10/h3-4,9-11H,5-8H2,1-2H3/b4-3+. The number of hydrogen-bond acceptors (Lipinski definition) is 2. The summed E-state index contributed by atoms with van der Waals surface area (Å²) < 4.78 is 5.02. The third kappa shape index (κ3) is 4.52. The highest BCUT2D eigenvalue weighted by Crippen LogP contribution is 2.17. The van der Waals surface area contributed by atoms with Crippen LogP contribution in [0.4, 0.5) is 0 Å². The zero-order valence-electron chi connectivity index (χ0n) is 8.05. The van der Waals surface area contributed by atoms with E-state index in [4.69, 9.17) is 4.74 Å². The topological polar surface area (TPSA) is 21.3 Å². The normalized spacial score (nSPS) is 20.2. The molecule has 12 heavy (non-hydrogen) atoms. The monoisotopic (exact) mass is 169 g/mol. The lowest BCUT2D eigenvalue weighted by molar-refractivity contribution is 0.176. The van der Waals surface area contributed by atoms with E-state index in [9.17, 15) is 0 Å².